The number of thioether (sulfide) groups is 1. The van der Waals surface area contributed by atoms with Gasteiger partial charge in [0.25, 0.3) is 6.20 Å². The van der Waals surface area contributed by atoms with Crippen LogP contribution in [0.5, 0.6) is 0 Å². The molecule has 0 bridgehead atoms. The molecule has 1 N–H and O–H groups in total. The summed E-state index contributed by atoms with van der Waals surface area (Å²) in [5, 5.41) is 16.2. The van der Waals surface area contributed by atoms with Crippen molar-refractivity contribution in [3.63, 3.8) is 0 Å². The van der Waals surface area contributed by atoms with Crippen LogP contribution in [-0.2, 0) is 24.2 Å². The van der Waals surface area contributed by atoms with E-state index >= 15 is 0 Å². The van der Waals surface area contributed by atoms with Crippen molar-refractivity contribution < 1.29 is 14.0 Å². The first-order chi connectivity index (χ1) is 11.2. The van der Waals surface area contributed by atoms with E-state index < -0.39 is 0 Å². The smallest absolute Gasteiger partial charge is 0.288 e. The van der Waals surface area contributed by atoms with Crippen molar-refractivity contribution in [2.45, 2.75) is 37.8 Å². The molecular weight excluding hydrogens is 314 g/mol. The molecule has 0 fully saturated rings. The Morgan fingerprint density at radius 1 is 1.57 bits per heavy atom. The number of rotatable bonds is 5. The summed E-state index contributed by atoms with van der Waals surface area (Å²) in [6.45, 7) is 2.59. The van der Waals surface area contributed by atoms with Gasteiger partial charge >= 0.3 is 5.88 Å². The second-order valence-corrected chi connectivity index (χ2v) is 6.14. The Balaban J connectivity index is 1.64. The second kappa shape index (κ2) is 6.79. The maximum absolute atomic E-state index is 12.0. The van der Waals surface area contributed by atoms with Crippen LogP contribution in [0.4, 0.5) is 5.88 Å². The highest BCUT2D eigenvalue weighted by Gasteiger charge is 2.18. The van der Waals surface area contributed by atoms with E-state index in [9.17, 15) is 10.1 Å². The van der Waals surface area contributed by atoms with E-state index in [4.69, 9.17) is 4.52 Å². The Morgan fingerprint density at radius 2 is 2.43 bits per heavy atom. The number of aryl methyl sites for hydroxylation is 3. The van der Waals surface area contributed by atoms with Gasteiger partial charge in [-0.25, -0.2) is 4.98 Å². The van der Waals surface area contributed by atoms with Crippen LogP contribution >= 0.6 is 11.8 Å². The van der Waals surface area contributed by atoms with Gasteiger partial charge in [-0.2, -0.15) is 5.26 Å². The third kappa shape index (κ3) is 3.51. The predicted molar refractivity (Wildman–Crippen MR) is 82.7 cm³/mol. The van der Waals surface area contributed by atoms with Crippen LogP contribution in [0.3, 0.4) is 0 Å². The lowest BCUT2D eigenvalue weighted by atomic mass is 10.2. The van der Waals surface area contributed by atoms with E-state index in [-0.39, 0.29) is 11.7 Å². The van der Waals surface area contributed by atoms with E-state index in [1.165, 1.54) is 11.8 Å². The van der Waals surface area contributed by atoms with E-state index in [2.05, 4.69) is 21.6 Å². The summed E-state index contributed by atoms with van der Waals surface area (Å²) in [4.78, 5) is 16.5. The Labute approximate surface area is 137 Å². The molecule has 7 nitrogen and oxygen atoms in total. The van der Waals surface area contributed by atoms with Gasteiger partial charge in [-0.05, 0) is 37.8 Å². The minimum Gasteiger partial charge on any atom is -0.288 e. The standard InChI is InChI=1S/C15H15N5O2S/c1-2-20-8-14(22-19-20)18-13(21)9-23-15-11(7-16)6-10-4-3-5-12(10)17-15/h6,8H,2-5,9H2,1H3/p+1. The van der Waals surface area contributed by atoms with E-state index in [1.807, 2.05) is 13.0 Å². The molecule has 2 heterocycles. The van der Waals surface area contributed by atoms with Gasteiger partial charge in [-0.15, -0.1) is 0 Å². The lowest BCUT2D eigenvalue weighted by Gasteiger charge is -2.06. The van der Waals surface area contributed by atoms with Gasteiger partial charge in [-0.3, -0.25) is 14.6 Å². The molecule has 23 heavy (non-hydrogen) atoms. The van der Waals surface area contributed by atoms with Crippen LogP contribution in [0.25, 0.3) is 0 Å². The number of hydrogen-bond donors (Lipinski definition) is 1. The Bertz CT molecular complexity index is 781. The third-order valence-corrected chi connectivity index (χ3v) is 4.56. The molecule has 3 rings (SSSR count). The molecule has 0 saturated carbocycles. The SMILES string of the molecule is CC[n+]1cc(NC(=O)CSc2nc3c(cc2C#N)CCC3)on1. The van der Waals surface area contributed by atoms with Crippen LogP contribution in [0, 0.1) is 11.3 Å². The summed E-state index contributed by atoms with van der Waals surface area (Å²) in [7, 11) is 0. The second-order valence-electron chi connectivity index (χ2n) is 5.17. The quantitative estimate of drug-likeness (QED) is 0.659. The Kier molecular flexibility index (Phi) is 4.57. The zero-order valence-electron chi connectivity index (χ0n) is 12.7. The van der Waals surface area contributed by atoms with Gasteiger partial charge in [-0.1, -0.05) is 16.4 Å². The number of pyridine rings is 1. The topological polar surface area (TPSA) is 95.7 Å². The lowest BCUT2D eigenvalue weighted by Crippen LogP contribution is -2.32. The fraction of sp³-hybridized carbons (Fsp3) is 0.400. The molecule has 118 valence electrons. The molecule has 1 aliphatic carbocycles. The zero-order valence-corrected chi connectivity index (χ0v) is 13.5. The molecule has 2 aromatic heterocycles. The molecule has 0 aliphatic heterocycles. The molecule has 0 atom stereocenters. The van der Waals surface area contributed by atoms with Crippen molar-refractivity contribution in [2.24, 2.45) is 0 Å². The molecule has 0 spiro atoms. The first-order valence-corrected chi connectivity index (χ1v) is 8.40. The Morgan fingerprint density at radius 3 is 3.17 bits per heavy atom. The first-order valence-electron chi connectivity index (χ1n) is 7.41. The summed E-state index contributed by atoms with van der Waals surface area (Å²) in [6, 6.07) is 4.06. The van der Waals surface area contributed by atoms with Gasteiger partial charge in [0.2, 0.25) is 11.2 Å². The van der Waals surface area contributed by atoms with Gasteiger partial charge in [0.1, 0.15) is 11.1 Å². The average Bonchev–Trinajstić information content (AvgIpc) is 3.20. The molecule has 2 aromatic rings. The van der Waals surface area contributed by atoms with Crippen molar-refractivity contribution >= 4 is 23.6 Å². The highest BCUT2D eigenvalue weighted by Crippen LogP contribution is 2.27. The molecule has 0 saturated heterocycles. The van der Waals surface area contributed by atoms with Gasteiger partial charge < -0.3 is 0 Å². The van der Waals surface area contributed by atoms with Crippen molar-refractivity contribution in [2.75, 3.05) is 11.1 Å². The lowest BCUT2D eigenvalue weighted by molar-refractivity contribution is -0.759. The van der Waals surface area contributed by atoms with Crippen molar-refractivity contribution in [3.8, 4) is 6.07 Å². The van der Waals surface area contributed by atoms with Gasteiger partial charge in [0.05, 0.1) is 11.3 Å². The number of aromatic nitrogens is 3. The predicted octanol–water partition coefficient (Wildman–Crippen LogP) is 1.47. The average molecular weight is 330 g/mol. The maximum Gasteiger partial charge on any atom is 0.302 e. The molecule has 8 heteroatoms. The number of hydrogen-bond acceptors (Lipinski definition) is 6. The van der Waals surface area contributed by atoms with Crippen molar-refractivity contribution in [1.82, 2.24) is 10.3 Å². The largest absolute Gasteiger partial charge is 0.302 e. The summed E-state index contributed by atoms with van der Waals surface area (Å²) in [6.07, 6.45) is 4.61. The molecule has 0 unspecified atom stereocenters. The van der Waals surface area contributed by atoms with Crippen LogP contribution in [0.2, 0.25) is 0 Å². The first kappa shape index (κ1) is 15.5. The molecule has 0 radical (unpaired) electrons. The fourth-order valence-electron chi connectivity index (χ4n) is 2.43. The minimum atomic E-state index is -0.222. The summed E-state index contributed by atoms with van der Waals surface area (Å²) >= 11 is 1.26. The van der Waals surface area contributed by atoms with Gasteiger partial charge in [0, 0.05) is 5.69 Å². The maximum atomic E-state index is 12.0. The van der Waals surface area contributed by atoms with Crippen LogP contribution in [0.1, 0.15) is 30.2 Å². The van der Waals surface area contributed by atoms with Crippen LogP contribution in [0.15, 0.2) is 21.8 Å². The summed E-state index contributed by atoms with van der Waals surface area (Å²) in [5.74, 6) is 0.244. The fourth-order valence-corrected chi connectivity index (χ4v) is 3.21. The van der Waals surface area contributed by atoms with Crippen molar-refractivity contribution in [1.29, 1.82) is 5.26 Å². The summed E-state index contributed by atoms with van der Waals surface area (Å²) in [5.41, 5.74) is 2.74. The number of amides is 1. The minimum absolute atomic E-state index is 0.160. The number of nitrogens with zero attached hydrogens (tertiary/aromatic N) is 4. The number of nitrogens with one attached hydrogen (secondary N) is 1. The molecule has 1 amide bonds. The van der Waals surface area contributed by atoms with E-state index in [1.54, 1.807) is 10.9 Å². The number of nitriles is 1. The normalized spacial score (nSPS) is 12.7. The highest BCUT2D eigenvalue weighted by molar-refractivity contribution is 8.00. The van der Waals surface area contributed by atoms with Crippen LogP contribution < -0.4 is 10.00 Å². The monoisotopic (exact) mass is 330 g/mol. The van der Waals surface area contributed by atoms with Crippen molar-refractivity contribution in [3.05, 3.63) is 29.1 Å². The van der Waals surface area contributed by atoms with E-state index in [0.29, 0.717) is 23.0 Å². The number of carbonyl (C=O) groups is 1. The molecule has 0 aromatic carbocycles. The van der Waals surface area contributed by atoms with Gasteiger partial charge in [0.15, 0.2) is 6.54 Å². The summed E-state index contributed by atoms with van der Waals surface area (Å²) < 4.78 is 6.57. The Hall–Kier alpha value is -2.40. The zero-order chi connectivity index (χ0) is 16.2. The molecule has 1 aliphatic rings. The number of carbonyl (C=O) groups excluding carboxylic acids is 1. The van der Waals surface area contributed by atoms with E-state index in [0.717, 1.165) is 30.5 Å². The third-order valence-electron chi connectivity index (χ3n) is 3.57. The highest BCUT2D eigenvalue weighted by atomic mass is 32.2. The number of anilines is 1. The van der Waals surface area contributed by atoms with Crippen LogP contribution in [-0.4, -0.2) is 21.9 Å². The number of fused-ring (bicyclic) bond motifs is 1. The molecular formula is C15H16N5O2S+.